The molecule has 0 radical (unpaired) electrons. The second-order valence-electron chi connectivity index (χ2n) is 13.2. The first-order valence-electron chi connectivity index (χ1n) is 14.5. The molecule has 0 aromatic carbocycles. The number of hydrogen-bond donors (Lipinski definition) is 2. The van der Waals surface area contributed by atoms with Crippen molar-refractivity contribution in [3.05, 3.63) is 18.0 Å². The predicted octanol–water partition coefficient (Wildman–Crippen LogP) is 5.92. The highest BCUT2D eigenvalue weighted by Gasteiger charge is 2.63. The van der Waals surface area contributed by atoms with Crippen LogP contribution in [-0.4, -0.2) is 47.9 Å². The number of fused-ring (bicyclic) bond motifs is 5. The van der Waals surface area contributed by atoms with Crippen LogP contribution in [0.25, 0.3) is 0 Å². The Morgan fingerprint density at radius 1 is 1.05 bits per heavy atom. The van der Waals surface area contributed by atoms with Crippen molar-refractivity contribution >= 4 is 0 Å². The van der Waals surface area contributed by atoms with E-state index in [-0.39, 0.29) is 0 Å². The van der Waals surface area contributed by atoms with E-state index in [1.807, 2.05) is 18.0 Å². The van der Waals surface area contributed by atoms with Gasteiger partial charge in [-0.1, -0.05) is 27.7 Å². The number of nitrogens with zero attached hydrogens (tertiary/aromatic N) is 3. The lowest BCUT2D eigenvalue weighted by Crippen LogP contribution is -2.58. The van der Waals surface area contributed by atoms with Gasteiger partial charge in [-0.2, -0.15) is 10.4 Å². The smallest absolute Gasteiger partial charge is 0.102 e. The number of rotatable bonds is 5. The van der Waals surface area contributed by atoms with E-state index >= 15 is 0 Å². The third kappa shape index (κ3) is 5.25. The zero-order valence-electron chi connectivity index (χ0n) is 24.5. The highest BCUT2D eigenvalue weighted by Crippen LogP contribution is 2.71. The molecule has 0 spiro atoms. The molecule has 210 valence electrons. The third-order valence-corrected chi connectivity index (χ3v) is 11.9. The fourth-order valence-corrected chi connectivity index (χ4v) is 10.1. The summed E-state index contributed by atoms with van der Waals surface area (Å²) in [4.78, 5) is 0. The fraction of sp³-hybridized carbons (Fsp3) is 0.871. The zero-order valence-corrected chi connectivity index (χ0v) is 24.5. The molecule has 6 nitrogen and oxygen atoms in total. The summed E-state index contributed by atoms with van der Waals surface area (Å²) in [7, 11) is 3.88. The molecular weight excluding hydrogens is 462 g/mol. The molecule has 1 aromatic rings. The predicted molar refractivity (Wildman–Crippen MR) is 148 cm³/mol. The minimum absolute atomic E-state index is 0.475. The van der Waals surface area contributed by atoms with E-state index in [0.29, 0.717) is 27.7 Å². The summed E-state index contributed by atoms with van der Waals surface area (Å²) in [5.41, 5.74) is 2.15. The Hall–Kier alpha value is -1.42. The zero-order chi connectivity index (χ0) is 27.4. The molecule has 6 heteroatoms. The molecule has 2 N–H and O–H groups in total. The molecule has 4 fully saturated rings. The minimum Gasteiger partial charge on any atom is -0.400 e. The summed E-state index contributed by atoms with van der Waals surface area (Å²) in [6, 6.07) is 2.22. The van der Waals surface area contributed by atoms with Gasteiger partial charge in [-0.05, 0) is 110 Å². The number of ether oxygens (including phenoxy) is 1. The first kappa shape index (κ1) is 30.1. The van der Waals surface area contributed by atoms with Crippen molar-refractivity contribution in [1.29, 1.82) is 5.26 Å². The van der Waals surface area contributed by atoms with Crippen LogP contribution >= 0.6 is 0 Å². The van der Waals surface area contributed by atoms with Gasteiger partial charge in [-0.15, -0.1) is 0 Å². The van der Waals surface area contributed by atoms with Crippen molar-refractivity contribution < 1.29 is 14.9 Å². The first-order chi connectivity index (χ1) is 17.7. The lowest BCUT2D eigenvalue weighted by molar-refractivity contribution is -0.166. The van der Waals surface area contributed by atoms with Gasteiger partial charge in [0.2, 0.25) is 0 Å². The highest BCUT2D eigenvalue weighted by molar-refractivity contribution is 5.21. The average molecular weight is 516 g/mol. The second-order valence-corrected chi connectivity index (χ2v) is 13.2. The molecule has 5 rings (SSSR count). The number of methoxy groups -OCH3 is 1. The molecule has 4 aliphatic rings. The van der Waals surface area contributed by atoms with E-state index < -0.39 is 0 Å². The van der Waals surface area contributed by atoms with Gasteiger partial charge in [0, 0.05) is 40.7 Å². The molecule has 0 bridgehead atoms. The Kier molecular flexibility index (Phi) is 9.92. The lowest BCUT2D eigenvalue weighted by Gasteiger charge is -2.65. The van der Waals surface area contributed by atoms with Crippen LogP contribution in [-0.2, 0) is 11.3 Å². The summed E-state index contributed by atoms with van der Waals surface area (Å²) in [6.45, 7) is 12.3. The Labute approximate surface area is 225 Å². The Balaban J connectivity index is 0.000000907. The Bertz CT molecular complexity index is 912. The molecule has 0 aliphatic heterocycles. The number of nitriles is 1. The molecule has 9 atom stereocenters. The van der Waals surface area contributed by atoms with Crippen LogP contribution in [0.15, 0.2) is 12.4 Å². The van der Waals surface area contributed by atoms with Crippen molar-refractivity contribution in [3.8, 4) is 6.07 Å². The van der Waals surface area contributed by atoms with Gasteiger partial charge < -0.3 is 14.9 Å². The van der Waals surface area contributed by atoms with Crippen LogP contribution in [0.2, 0.25) is 0 Å². The molecule has 1 aromatic heterocycles. The van der Waals surface area contributed by atoms with Gasteiger partial charge in [0.05, 0.1) is 11.8 Å². The topological polar surface area (TPSA) is 91.3 Å². The molecule has 4 aliphatic carbocycles. The minimum atomic E-state index is 0.475. The van der Waals surface area contributed by atoms with Crippen LogP contribution in [0.4, 0.5) is 0 Å². The number of hydrogen-bond acceptors (Lipinski definition) is 5. The maximum Gasteiger partial charge on any atom is 0.102 e. The van der Waals surface area contributed by atoms with Crippen LogP contribution in [0.5, 0.6) is 0 Å². The van der Waals surface area contributed by atoms with Crippen LogP contribution in [0.1, 0.15) is 91.0 Å². The van der Waals surface area contributed by atoms with E-state index in [1.54, 1.807) is 6.20 Å². The third-order valence-electron chi connectivity index (χ3n) is 11.9. The molecule has 0 saturated heterocycles. The van der Waals surface area contributed by atoms with Gasteiger partial charge in [-0.3, -0.25) is 4.68 Å². The molecule has 37 heavy (non-hydrogen) atoms. The van der Waals surface area contributed by atoms with Crippen LogP contribution < -0.4 is 0 Å². The highest BCUT2D eigenvalue weighted by atomic mass is 16.5. The SMILES string of the molecule is CO.CO.COCC1CCC2(C)C3CCC4(C)C(C(C)Cn5cc(C#N)cn5)CCC4C3CCC2(C)C1. The lowest BCUT2D eigenvalue weighted by atomic mass is 9.39. The monoisotopic (exact) mass is 515 g/mol. The van der Waals surface area contributed by atoms with E-state index in [0.717, 1.165) is 57.0 Å². The normalized spacial score (nSPS) is 40.9. The standard InChI is InChI=1S/C29H45N3O.2CH4O/c1-20(17-32-18-22(15-30)16-31-32)24-6-7-25-23-9-11-27(2)14-21(19-33-5)8-13-29(27,4)26(23)10-12-28(24,25)3;2*1-2/h16,18,20-21,23-26H,6-14,17,19H2,1-5H3;2*2H,1H3. The average Bonchev–Trinajstić information content (AvgIpc) is 3.51. The van der Waals surface area contributed by atoms with E-state index in [4.69, 9.17) is 20.2 Å². The van der Waals surface area contributed by atoms with Gasteiger partial charge in [0.1, 0.15) is 6.07 Å². The number of aliphatic hydroxyl groups excluding tert-OH is 2. The van der Waals surface area contributed by atoms with Gasteiger partial charge in [-0.25, -0.2) is 0 Å². The molecule has 0 amide bonds. The summed E-state index contributed by atoms with van der Waals surface area (Å²) >= 11 is 0. The maximum atomic E-state index is 9.16. The molecule has 9 unspecified atom stereocenters. The summed E-state index contributed by atoms with van der Waals surface area (Å²) in [5, 5.41) is 27.6. The summed E-state index contributed by atoms with van der Waals surface area (Å²) in [6.07, 6.45) is 16.3. The van der Waals surface area contributed by atoms with Crippen LogP contribution in [0, 0.1) is 63.1 Å². The van der Waals surface area contributed by atoms with Gasteiger partial charge >= 0.3 is 0 Å². The quantitative estimate of drug-likeness (QED) is 0.508. The fourth-order valence-electron chi connectivity index (χ4n) is 10.1. The second kappa shape index (κ2) is 12.2. The molecular formula is C31H53N3O3. The summed E-state index contributed by atoms with van der Waals surface area (Å²) in [5.74, 6) is 4.88. The summed E-state index contributed by atoms with van der Waals surface area (Å²) < 4.78 is 7.59. The first-order valence-corrected chi connectivity index (χ1v) is 14.5. The molecule has 4 saturated carbocycles. The van der Waals surface area contributed by atoms with Crippen molar-refractivity contribution in [1.82, 2.24) is 9.78 Å². The van der Waals surface area contributed by atoms with E-state index in [1.165, 1.54) is 57.8 Å². The Morgan fingerprint density at radius 2 is 1.78 bits per heavy atom. The van der Waals surface area contributed by atoms with Crippen molar-refractivity contribution in [2.24, 2.45) is 51.8 Å². The van der Waals surface area contributed by atoms with Crippen LogP contribution in [0.3, 0.4) is 0 Å². The number of aromatic nitrogens is 2. The number of aliphatic hydroxyl groups is 2. The largest absolute Gasteiger partial charge is 0.400 e. The molecule has 1 heterocycles. The van der Waals surface area contributed by atoms with Crippen molar-refractivity contribution in [3.63, 3.8) is 0 Å². The van der Waals surface area contributed by atoms with Gasteiger partial charge in [0.15, 0.2) is 0 Å². The van der Waals surface area contributed by atoms with Crippen molar-refractivity contribution in [2.75, 3.05) is 27.9 Å². The van der Waals surface area contributed by atoms with E-state index in [2.05, 4.69) is 38.9 Å². The van der Waals surface area contributed by atoms with E-state index in [9.17, 15) is 0 Å². The van der Waals surface area contributed by atoms with Crippen molar-refractivity contribution in [2.45, 2.75) is 92.0 Å². The van der Waals surface area contributed by atoms with Gasteiger partial charge in [0.25, 0.3) is 0 Å². The Morgan fingerprint density at radius 3 is 2.43 bits per heavy atom. The maximum absolute atomic E-state index is 9.16.